The van der Waals surface area contributed by atoms with E-state index in [0.717, 1.165) is 18.9 Å². The monoisotopic (exact) mass is 174 g/mol. The molecule has 13 heavy (non-hydrogen) atoms. The fourth-order valence-corrected chi connectivity index (χ4v) is 1.55. The lowest BCUT2D eigenvalue weighted by Crippen LogP contribution is -2.23. The van der Waals surface area contributed by atoms with Crippen molar-refractivity contribution in [2.24, 2.45) is 4.99 Å². The second-order valence-electron chi connectivity index (χ2n) is 3.49. The van der Waals surface area contributed by atoms with Crippen molar-refractivity contribution in [3.63, 3.8) is 0 Å². The molecular weight excluding hydrogens is 160 g/mol. The van der Waals surface area contributed by atoms with Crippen LogP contribution >= 0.6 is 0 Å². The maximum absolute atomic E-state index is 4.46. The third-order valence-corrected chi connectivity index (χ3v) is 2.37. The molecule has 0 bridgehead atoms. The molecule has 0 radical (unpaired) electrons. The Hall–Kier alpha value is -1.31. The van der Waals surface area contributed by atoms with Crippen molar-refractivity contribution in [2.45, 2.75) is 6.92 Å². The van der Waals surface area contributed by atoms with E-state index >= 15 is 0 Å². The van der Waals surface area contributed by atoms with Gasteiger partial charge in [0, 0.05) is 19.2 Å². The van der Waals surface area contributed by atoms with Gasteiger partial charge in [-0.1, -0.05) is 29.8 Å². The van der Waals surface area contributed by atoms with Crippen molar-refractivity contribution < 1.29 is 0 Å². The van der Waals surface area contributed by atoms with Gasteiger partial charge >= 0.3 is 0 Å². The quantitative estimate of drug-likeness (QED) is 0.632. The summed E-state index contributed by atoms with van der Waals surface area (Å²) < 4.78 is 0. The van der Waals surface area contributed by atoms with Gasteiger partial charge in [0.1, 0.15) is 5.84 Å². The van der Waals surface area contributed by atoms with Crippen LogP contribution in [-0.4, -0.2) is 30.9 Å². The molecule has 1 aromatic rings. The number of amidine groups is 1. The van der Waals surface area contributed by atoms with Gasteiger partial charge < -0.3 is 4.90 Å². The number of benzene rings is 1. The van der Waals surface area contributed by atoms with E-state index in [1.165, 1.54) is 11.1 Å². The van der Waals surface area contributed by atoms with E-state index in [-0.39, 0.29) is 0 Å². The number of hydrogen-bond acceptors (Lipinski definition) is 2. The van der Waals surface area contributed by atoms with Gasteiger partial charge in [-0.25, -0.2) is 0 Å². The molecule has 0 aromatic heterocycles. The third-order valence-electron chi connectivity index (χ3n) is 2.37. The first-order valence-corrected chi connectivity index (χ1v) is 4.60. The van der Waals surface area contributed by atoms with Crippen LogP contribution in [0.5, 0.6) is 0 Å². The Kier molecular flexibility index (Phi) is 2.05. The molecule has 68 valence electrons. The van der Waals surface area contributed by atoms with E-state index < -0.39 is 0 Å². The summed E-state index contributed by atoms with van der Waals surface area (Å²) >= 11 is 0. The predicted molar refractivity (Wildman–Crippen MR) is 55.2 cm³/mol. The first-order valence-electron chi connectivity index (χ1n) is 4.60. The topological polar surface area (TPSA) is 15.6 Å². The van der Waals surface area contributed by atoms with Crippen molar-refractivity contribution in [1.82, 2.24) is 4.90 Å². The molecule has 0 saturated carbocycles. The van der Waals surface area contributed by atoms with Gasteiger partial charge in [-0.2, -0.15) is 0 Å². The molecule has 2 rings (SSSR count). The number of hydrogen-bond donors (Lipinski definition) is 0. The predicted octanol–water partition coefficient (Wildman–Crippen LogP) is 1.69. The molecule has 0 amide bonds. The number of rotatable bonds is 1. The summed E-state index contributed by atoms with van der Waals surface area (Å²) in [5.74, 6) is 1.13. The highest BCUT2D eigenvalue weighted by Gasteiger charge is 2.13. The number of likely N-dealkylation sites (N-methyl/N-ethyl adjacent to an activating group) is 1. The zero-order chi connectivity index (χ0) is 9.26. The molecule has 0 unspecified atom stereocenters. The summed E-state index contributed by atoms with van der Waals surface area (Å²) in [6, 6.07) is 8.53. The summed E-state index contributed by atoms with van der Waals surface area (Å²) in [5.41, 5.74) is 2.52. The third kappa shape index (κ3) is 1.57. The highest BCUT2D eigenvalue weighted by Crippen LogP contribution is 2.10. The minimum Gasteiger partial charge on any atom is -0.358 e. The summed E-state index contributed by atoms with van der Waals surface area (Å²) in [6.45, 7) is 4.08. The van der Waals surface area contributed by atoms with E-state index in [2.05, 4.69) is 48.1 Å². The molecule has 1 aliphatic rings. The first-order chi connectivity index (χ1) is 6.27. The van der Waals surface area contributed by atoms with E-state index in [9.17, 15) is 0 Å². The van der Waals surface area contributed by atoms with Gasteiger partial charge in [-0.05, 0) is 6.92 Å². The van der Waals surface area contributed by atoms with Gasteiger partial charge in [-0.15, -0.1) is 0 Å². The fraction of sp³-hybridized carbons (Fsp3) is 0.364. The standard InChI is InChI=1S/C11H14N2/c1-9-3-5-10(6-4-9)11-12-7-8-13(11)2/h3-6H,7-8H2,1-2H3. The Morgan fingerprint density at radius 3 is 2.46 bits per heavy atom. The molecular formula is C11H14N2. The summed E-state index contributed by atoms with van der Waals surface area (Å²) in [4.78, 5) is 6.66. The first kappa shape index (κ1) is 8.30. The fourth-order valence-electron chi connectivity index (χ4n) is 1.55. The Balaban J connectivity index is 2.30. The van der Waals surface area contributed by atoms with Crippen molar-refractivity contribution in [1.29, 1.82) is 0 Å². The molecule has 0 atom stereocenters. The van der Waals surface area contributed by atoms with Gasteiger partial charge in [0.15, 0.2) is 0 Å². The summed E-state index contributed by atoms with van der Waals surface area (Å²) in [6.07, 6.45) is 0. The lowest BCUT2D eigenvalue weighted by molar-refractivity contribution is 0.557. The number of aliphatic imine (C=N–C) groups is 1. The van der Waals surface area contributed by atoms with Crippen LogP contribution in [0.2, 0.25) is 0 Å². The van der Waals surface area contributed by atoms with E-state index in [4.69, 9.17) is 0 Å². The van der Waals surface area contributed by atoms with Crippen LogP contribution in [0, 0.1) is 6.92 Å². The largest absolute Gasteiger partial charge is 0.358 e. The van der Waals surface area contributed by atoms with Gasteiger partial charge in [-0.3, -0.25) is 4.99 Å². The normalized spacial score (nSPS) is 16.2. The molecule has 1 aliphatic heterocycles. The van der Waals surface area contributed by atoms with Gasteiger partial charge in [0.25, 0.3) is 0 Å². The second-order valence-corrected chi connectivity index (χ2v) is 3.49. The molecule has 1 heterocycles. The van der Waals surface area contributed by atoms with Crippen LogP contribution in [-0.2, 0) is 0 Å². The van der Waals surface area contributed by atoms with Crippen LogP contribution in [0.15, 0.2) is 29.3 Å². The Morgan fingerprint density at radius 2 is 1.92 bits per heavy atom. The number of nitrogens with zero attached hydrogens (tertiary/aromatic N) is 2. The molecule has 0 N–H and O–H groups in total. The smallest absolute Gasteiger partial charge is 0.130 e. The SMILES string of the molecule is Cc1ccc(C2=NCCN2C)cc1. The average Bonchev–Trinajstić information content (AvgIpc) is 2.53. The summed E-state index contributed by atoms with van der Waals surface area (Å²) in [5, 5.41) is 0. The minimum atomic E-state index is 0.930. The molecule has 0 saturated heterocycles. The van der Waals surface area contributed by atoms with Crippen LogP contribution in [0.3, 0.4) is 0 Å². The molecule has 2 nitrogen and oxygen atoms in total. The molecule has 0 aliphatic carbocycles. The van der Waals surface area contributed by atoms with Crippen LogP contribution in [0.1, 0.15) is 11.1 Å². The molecule has 0 spiro atoms. The van der Waals surface area contributed by atoms with Crippen LogP contribution < -0.4 is 0 Å². The lowest BCUT2D eigenvalue weighted by atomic mass is 10.1. The highest BCUT2D eigenvalue weighted by molar-refractivity contribution is 5.99. The Labute approximate surface area is 78.9 Å². The van der Waals surface area contributed by atoms with Crippen molar-refractivity contribution >= 4 is 5.84 Å². The van der Waals surface area contributed by atoms with Crippen molar-refractivity contribution in [3.05, 3.63) is 35.4 Å². The maximum Gasteiger partial charge on any atom is 0.130 e. The van der Waals surface area contributed by atoms with Gasteiger partial charge in [0.05, 0.1) is 6.54 Å². The van der Waals surface area contributed by atoms with Gasteiger partial charge in [0.2, 0.25) is 0 Å². The van der Waals surface area contributed by atoms with Crippen LogP contribution in [0.4, 0.5) is 0 Å². The maximum atomic E-state index is 4.46. The average molecular weight is 174 g/mol. The van der Waals surface area contributed by atoms with E-state index in [0.29, 0.717) is 0 Å². The zero-order valence-electron chi connectivity index (χ0n) is 8.12. The molecule has 2 heteroatoms. The molecule has 0 fully saturated rings. The van der Waals surface area contributed by atoms with E-state index in [1.807, 2.05) is 0 Å². The Morgan fingerprint density at radius 1 is 1.23 bits per heavy atom. The number of aryl methyl sites for hydroxylation is 1. The van der Waals surface area contributed by atoms with Crippen molar-refractivity contribution in [3.8, 4) is 0 Å². The summed E-state index contributed by atoms with van der Waals surface area (Å²) in [7, 11) is 2.09. The minimum absolute atomic E-state index is 0.930. The van der Waals surface area contributed by atoms with Crippen LogP contribution in [0.25, 0.3) is 0 Å². The molecule has 1 aromatic carbocycles. The zero-order valence-corrected chi connectivity index (χ0v) is 8.12. The second kappa shape index (κ2) is 3.21. The lowest BCUT2D eigenvalue weighted by Gasteiger charge is -2.13. The Bertz CT molecular complexity index is 324. The highest BCUT2D eigenvalue weighted by atomic mass is 15.2. The van der Waals surface area contributed by atoms with E-state index in [1.54, 1.807) is 0 Å². The van der Waals surface area contributed by atoms with Crippen molar-refractivity contribution in [2.75, 3.05) is 20.1 Å².